The highest BCUT2D eigenvalue weighted by molar-refractivity contribution is 5.12. The summed E-state index contributed by atoms with van der Waals surface area (Å²) in [7, 11) is 0. The van der Waals surface area contributed by atoms with Gasteiger partial charge >= 0.3 is 0 Å². The number of nitrogens with zero attached hydrogens (tertiary/aromatic N) is 2. The van der Waals surface area contributed by atoms with Crippen LogP contribution in [-0.2, 0) is 13.0 Å². The Kier molecular flexibility index (Phi) is 5.86. The van der Waals surface area contributed by atoms with Gasteiger partial charge in [0.15, 0.2) is 0 Å². The Morgan fingerprint density at radius 3 is 2.62 bits per heavy atom. The average Bonchev–Trinajstić information content (AvgIpc) is 2.86. The largest absolute Gasteiger partial charge is 0.330 e. The molecule has 0 unspecified atom stereocenters. The van der Waals surface area contributed by atoms with Crippen molar-refractivity contribution in [2.45, 2.75) is 78.7 Å². The fourth-order valence-electron chi connectivity index (χ4n) is 3.92. The minimum absolute atomic E-state index is 0.322. The van der Waals surface area contributed by atoms with Gasteiger partial charge in [-0.1, -0.05) is 26.2 Å². The molecule has 0 amide bonds. The number of hydrogen-bond acceptors (Lipinski definition) is 2. The second-order valence-electron chi connectivity index (χ2n) is 7.06. The third-order valence-electron chi connectivity index (χ3n) is 5.41. The summed E-state index contributed by atoms with van der Waals surface area (Å²) >= 11 is 0. The number of nitrogens with two attached hydrogens (primary N) is 1. The van der Waals surface area contributed by atoms with Gasteiger partial charge < -0.3 is 5.73 Å². The molecular weight excluding hydrogens is 258 g/mol. The van der Waals surface area contributed by atoms with Crippen LogP contribution in [0.25, 0.3) is 0 Å². The van der Waals surface area contributed by atoms with Gasteiger partial charge in [0.2, 0.25) is 0 Å². The molecule has 0 spiro atoms. The molecule has 3 heteroatoms. The third kappa shape index (κ3) is 4.09. The van der Waals surface area contributed by atoms with E-state index >= 15 is 0 Å². The van der Waals surface area contributed by atoms with Gasteiger partial charge in [-0.3, -0.25) is 4.68 Å². The lowest BCUT2D eigenvalue weighted by Gasteiger charge is -2.39. The van der Waals surface area contributed by atoms with Crippen LogP contribution in [0.15, 0.2) is 6.07 Å². The van der Waals surface area contributed by atoms with Crippen molar-refractivity contribution in [2.24, 2.45) is 17.1 Å². The number of unbranched alkanes of at least 4 members (excludes halogenated alkanes) is 1. The van der Waals surface area contributed by atoms with Crippen molar-refractivity contribution in [3.8, 4) is 0 Å². The maximum absolute atomic E-state index is 6.20. The summed E-state index contributed by atoms with van der Waals surface area (Å²) in [4.78, 5) is 0. The number of aromatic nitrogens is 2. The van der Waals surface area contributed by atoms with Crippen molar-refractivity contribution in [1.82, 2.24) is 9.78 Å². The molecule has 2 N–H and O–H groups in total. The van der Waals surface area contributed by atoms with Crippen LogP contribution in [0.1, 0.15) is 70.2 Å². The zero-order chi connectivity index (χ0) is 15.3. The van der Waals surface area contributed by atoms with E-state index in [0.717, 1.165) is 31.1 Å². The van der Waals surface area contributed by atoms with Gasteiger partial charge in [0, 0.05) is 12.2 Å². The highest BCUT2D eigenvalue weighted by atomic mass is 15.3. The molecular formula is C18H33N3. The van der Waals surface area contributed by atoms with E-state index < -0.39 is 0 Å². The standard InChI is InChI=1S/C18H33N3/c1-4-6-7-16-8-10-18(14-19,11-9-16)13-17-12-15(3)20-21(17)5-2/h12,16H,4-11,13-14,19H2,1-3H3. The Morgan fingerprint density at radius 2 is 2.05 bits per heavy atom. The van der Waals surface area contributed by atoms with Crippen molar-refractivity contribution in [3.05, 3.63) is 17.5 Å². The van der Waals surface area contributed by atoms with Gasteiger partial charge in [-0.15, -0.1) is 0 Å². The summed E-state index contributed by atoms with van der Waals surface area (Å²) < 4.78 is 2.16. The maximum atomic E-state index is 6.20. The topological polar surface area (TPSA) is 43.8 Å². The molecule has 0 aromatic carbocycles. The molecule has 1 saturated carbocycles. The summed E-state index contributed by atoms with van der Waals surface area (Å²) in [6, 6.07) is 2.25. The van der Waals surface area contributed by atoms with Crippen LogP contribution in [0.2, 0.25) is 0 Å². The molecule has 1 fully saturated rings. The first-order valence-corrected chi connectivity index (χ1v) is 8.86. The van der Waals surface area contributed by atoms with Crippen LogP contribution in [-0.4, -0.2) is 16.3 Å². The minimum atomic E-state index is 0.322. The van der Waals surface area contributed by atoms with E-state index in [0.29, 0.717) is 5.41 Å². The third-order valence-corrected chi connectivity index (χ3v) is 5.41. The fraction of sp³-hybridized carbons (Fsp3) is 0.833. The van der Waals surface area contributed by atoms with Crippen LogP contribution in [0, 0.1) is 18.3 Å². The lowest BCUT2D eigenvalue weighted by atomic mass is 9.67. The van der Waals surface area contributed by atoms with Crippen molar-refractivity contribution < 1.29 is 0 Å². The molecule has 120 valence electrons. The van der Waals surface area contributed by atoms with Crippen LogP contribution >= 0.6 is 0 Å². The SMILES string of the molecule is CCCCC1CCC(CN)(Cc2cc(C)nn2CC)CC1. The van der Waals surface area contributed by atoms with Crippen molar-refractivity contribution in [3.63, 3.8) is 0 Å². The Balaban J connectivity index is 1.99. The normalized spacial score (nSPS) is 26.2. The monoisotopic (exact) mass is 291 g/mol. The average molecular weight is 291 g/mol. The zero-order valence-corrected chi connectivity index (χ0v) is 14.2. The van der Waals surface area contributed by atoms with Gasteiger partial charge in [0.05, 0.1) is 5.69 Å². The molecule has 2 rings (SSSR count). The Hall–Kier alpha value is -0.830. The second kappa shape index (κ2) is 7.44. The highest BCUT2D eigenvalue weighted by Gasteiger charge is 2.35. The molecule has 0 bridgehead atoms. The predicted octanol–water partition coefficient (Wildman–Crippen LogP) is 4.08. The summed E-state index contributed by atoms with van der Waals surface area (Å²) in [5.74, 6) is 0.947. The molecule has 1 aromatic heterocycles. The van der Waals surface area contributed by atoms with E-state index in [1.54, 1.807) is 0 Å². The molecule has 0 saturated heterocycles. The molecule has 0 radical (unpaired) electrons. The maximum Gasteiger partial charge on any atom is 0.0596 e. The number of rotatable bonds is 7. The Labute approximate surface area is 130 Å². The minimum Gasteiger partial charge on any atom is -0.330 e. The first-order valence-electron chi connectivity index (χ1n) is 8.86. The Bertz CT molecular complexity index is 428. The van der Waals surface area contributed by atoms with Gasteiger partial charge in [-0.25, -0.2) is 0 Å². The lowest BCUT2D eigenvalue weighted by Crippen LogP contribution is -2.37. The van der Waals surface area contributed by atoms with Gasteiger partial charge in [-0.05, 0) is 69.9 Å². The van der Waals surface area contributed by atoms with Gasteiger partial charge in [0.25, 0.3) is 0 Å². The van der Waals surface area contributed by atoms with Crippen LogP contribution in [0.4, 0.5) is 0 Å². The van der Waals surface area contributed by atoms with E-state index in [2.05, 4.69) is 36.6 Å². The number of aryl methyl sites for hydroxylation is 2. The molecule has 1 aliphatic rings. The molecule has 21 heavy (non-hydrogen) atoms. The van der Waals surface area contributed by atoms with Crippen LogP contribution in [0.5, 0.6) is 0 Å². The molecule has 1 aromatic rings. The van der Waals surface area contributed by atoms with Crippen molar-refractivity contribution in [1.29, 1.82) is 0 Å². The van der Waals surface area contributed by atoms with Crippen LogP contribution < -0.4 is 5.73 Å². The highest BCUT2D eigenvalue weighted by Crippen LogP contribution is 2.42. The van der Waals surface area contributed by atoms with E-state index in [9.17, 15) is 0 Å². The van der Waals surface area contributed by atoms with E-state index in [1.807, 2.05) is 0 Å². The first-order chi connectivity index (χ1) is 10.1. The molecule has 3 nitrogen and oxygen atoms in total. The van der Waals surface area contributed by atoms with E-state index in [-0.39, 0.29) is 0 Å². The van der Waals surface area contributed by atoms with E-state index in [1.165, 1.54) is 50.6 Å². The summed E-state index contributed by atoms with van der Waals surface area (Å²) in [6.07, 6.45) is 10.6. The lowest BCUT2D eigenvalue weighted by molar-refractivity contribution is 0.147. The molecule has 0 atom stereocenters. The second-order valence-corrected chi connectivity index (χ2v) is 7.06. The van der Waals surface area contributed by atoms with Gasteiger partial charge in [-0.2, -0.15) is 5.10 Å². The molecule has 0 aliphatic heterocycles. The summed E-state index contributed by atoms with van der Waals surface area (Å²) in [5, 5.41) is 4.59. The molecule has 1 heterocycles. The number of hydrogen-bond donors (Lipinski definition) is 1. The van der Waals surface area contributed by atoms with Crippen molar-refractivity contribution >= 4 is 0 Å². The Morgan fingerprint density at radius 1 is 1.33 bits per heavy atom. The smallest absolute Gasteiger partial charge is 0.0596 e. The zero-order valence-electron chi connectivity index (χ0n) is 14.2. The van der Waals surface area contributed by atoms with Gasteiger partial charge in [0.1, 0.15) is 0 Å². The first kappa shape index (κ1) is 16.5. The van der Waals surface area contributed by atoms with Crippen molar-refractivity contribution in [2.75, 3.05) is 6.54 Å². The van der Waals surface area contributed by atoms with E-state index in [4.69, 9.17) is 5.73 Å². The molecule has 1 aliphatic carbocycles. The quantitative estimate of drug-likeness (QED) is 0.822. The predicted molar refractivity (Wildman–Crippen MR) is 89.3 cm³/mol. The summed E-state index contributed by atoms with van der Waals surface area (Å²) in [6.45, 7) is 8.34. The fourth-order valence-corrected chi connectivity index (χ4v) is 3.92. The summed E-state index contributed by atoms with van der Waals surface area (Å²) in [5.41, 5.74) is 9.04. The van der Waals surface area contributed by atoms with Crippen LogP contribution in [0.3, 0.4) is 0 Å².